The summed E-state index contributed by atoms with van der Waals surface area (Å²) in [5.74, 6) is 0.686. The third-order valence-corrected chi connectivity index (χ3v) is 3.67. The number of aliphatic hydroxyl groups is 1. The zero-order chi connectivity index (χ0) is 15.3. The van der Waals surface area contributed by atoms with E-state index < -0.39 is 7.60 Å². The maximum Gasteiger partial charge on any atom is 0.329 e. The normalized spacial score (nSPS) is 11.4. The van der Waals surface area contributed by atoms with E-state index in [1.54, 1.807) is 12.1 Å². The number of hydrogen-bond acceptors (Lipinski definition) is 3. The lowest BCUT2D eigenvalue weighted by molar-refractivity contribution is 0.201. The monoisotopic (exact) mass is 308 g/mol. The molecule has 6 heteroatoms. The Labute approximate surface area is 123 Å². The smallest absolute Gasteiger partial charge is 0.329 e. The van der Waals surface area contributed by atoms with Crippen molar-refractivity contribution < 1.29 is 24.2 Å². The SMILES string of the molecule is O=P(O)(O)Cc1ccc(-c2ccc(OCCO)cc2)cc1. The quantitative estimate of drug-likeness (QED) is 0.713. The Morgan fingerprint density at radius 2 is 1.43 bits per heavy atom. The van der Waals surface area contributed by atoms with E-state index in [4.69, 9.17) is 19.6 Å². The second-order valence-electron chi connectivity index (χ2n) is 4.62. The van der Waals surface area contributed by atoms with E-state index in [0.29, 0.717) is 11.3 Å². The molecule has 0 radical (unpaired) electrons. The Bertz CT molecular complexity index is 616. The van der Waals surface area contributed by atoms with Gasteiger partial charge in [0.1, 0.15) is 12.4 Å². The Kier molecular flexibility index (Phi) is 5.15. The van der Waals surface area contributed by atoms with Crippen molar-refractivity contribution in [3.05, 3.63) is 54.1 Å². The van der Waals surface area contributed by atoms with Crippen molar-refractivity contribution in [2.75, 3.05) is 13.2 Å². The zero-order valence-corrected chi connectivity index (χ0v) is 12.2. The van der Waals surface area contributed by atoms with Gasteiger partial charge in [0.15, 0.2) is 0 Å². The molecule has 2 aromatic carbocycles. The Hall–Kier alpha value is -1.65. The molecule has 0 aromatic heterocycles. The summed E-state index contributed by atoms with van der Waals surface area (Å²) in [7, 11) is -4.03. The first-order chi connectivity index (χ1) is 9.98. The molecule has 0 aliphatic carbocycles. The molecule has 2 aromatic rings. The van der Waals surface area contributed by atoms with Crippen molar-refractivity contribution in [2.24, 2.45) is 0 Å². The fraction of sp³-hybridized carbons (Fsp3) is 0.200. The van der Waals surface area contributed by atoms with Crippen LogP contribution in [0.1, 0.15) is 5.56 Å². The molecule has 0 atom stereocenters. The van der Waals surface area contributed by atoms with E-state index in [2.05, 4.69) is 0 Å². The van der Waals surface area contributed by atoms with Crippen LogP contribution in [0.25, 0.3) is 11.1 Å². The predicted molar refractivity (Wildman–Crippen MR) is 80.2 cm³/mol. The molecule has 0 aliphatic heterocycles. The number of rotatable bonds is 6. The van der Waals surface area contributed by atoms with Gasteiger partial charge in [0, 0.05) is 0 Å². The van der Waals surface area contributed by atoms with Crippen LogP contribution in [0.15, 0.2) is 48.5 Å². The molecule has 0 aliphatic rings. The standard InChI is InChI=1S/C15H17O5P/c16-9-10-20-15-7-5-14(6-8-15)13-3-1-12(2-4-13)11-21(17,18)19/h1-8,16H,9-11H2,(H2,17,18,19). The van der Waals surface area contributed by atoms with Crippen LogP contribution in [0.4, 0.5) is 0 Å². The van der Waals surface area contributed by atoms with Crippen molar-refractivity contribution >= 4 is 7.60 Å². The van der Waals surface area contributed by atoms with E-state index >= 15 is 0 Å². The Morgan fingerprint density at radius 3 is 1.90 bits per heavy atom. The molecular weight excluding hydrogens is 291 g/mol. The van der Waals surface area contributed by atoms with E-state index in [-0.39, 0.29) is 19.4 Å². The van der Waals surface area contributed by atoms with E-state index in [0.717, 1.165) is 11.1 Å². The maximum atomic E-state index is 10.9. The molecule has 112 valence electrons. The third-order valence-electron chi connectivity index (χ3n) is 2.89. The van der Waals surface area contributed by atoms with E-state index in [1.807, 2.05) is 36.4 Å². The highest BCUT2D eigenvalue weighted by atomic mass is 31.2. The minimum Gasteiger partial charge on any atom is -0.491 e. The molecule has 21 heavy (non-hydrogen) atoms. The first-order valence-corrected chi connectivity index (χ1v) is 8.25. The molecule has 3 N–H and O–H groups in total. The van der Waals surface area contributed by atoms with Crippen LogP contribution in [0.5, 0.6) is 5.75 Å². The van der Waals surface area contributed by atoms with Gasteiger partial charge in [-0.3, -0.25) is 4.57 Å². The molecular formula is C15H17O5P. The fourth-order valence-electron chi connectivity index (χ4n) is 1.95. The summed E-state index contributed by atoms with van der Waals surface area (Å²) >= 11 is 0. The van der Waals surface area contributed by atoms with Gasteiger partial charge in [0.2, 0.25) is 0 Å². The molecule has 0 spiro atoms. The van der Waals surface area contributed by atoms with Crippen LogP contribution in [-0.2, 0) is 10.7 Å². The van der Waals surface area contributed by atoms with Gasteiger partial charge in [-0.05, 0) is 28.8 Å². The molecule has 0 heterocycles. The largest absolute Gasteiger partial charge is 0.491 e. The van der Waals surface area contributed by atoms with Gasteiger partial charge in [-0.2, -0.15) is 0 Å². The van der Waals surface area contributed by atoms with Crippen molar-refractivity contribution in [3.8, 4) is 16.9 Å². The number of aliphatic hydroxyl groups excluding tert-OH is 1. The number of hydrogen-bond donors (Lipinski definition) is 3. The minimum atomic E-state index is -4.03. The average molecular weight is 308 g/mol. The van der Waals surface area contributed by atoms with Gasteiger partial charge in [0.25, 0.3) is 0 Å². The van der Waals surface area contributed by atoms with Gasteiger partial charge in [-0.25, -0.2) is 0 Å². The highest BCUT2D eigenvalue weighted by Gasteiger charge is 2.13. The van der Waals surface area contributed by atoms with Crippen LogP contribution in [0.3, 0.4) is 0 Å². The summed E-state index contributed by atoms with van der Waals surface area (Å²) in [5, 5.41) is 8.69. The number of ether oxygens (including phenoxy) is 1. The second kappa shape index (κ2) is 6.87. The van der Waals surface area contributed by atoms with Gasteiger partial charge in [-0.1, -0.05) is 36.4 Å². The molecule has 0 bridgehead atoms. The molecule has 0 unspecified atom stereocenters. The average Bonchev–Trinajstić information content (AvgIpc) is 2.45. The molecule has 0 saturated carbocycles. The van der Waals surface area contributed by atoms with Crippen molar-refractivity contribution in [1.82, 2.24) is 0 Å². The predicted octanol–water partition coefficient (Wildman–Crippen LogP) is 2.40. The highest BCUT2D eigenvalue weighted by Crippen LogP contribution is 2.39. The molecule has 2 rings (SSSR count). The molecule has 0 amide bonds. The lowest BCUT2D eigenvalue weighted by atomic mass is 10.0. The zero-order valence-electron chi connectivity index (χ0n) is 11.3. The second-order valence-corrected chi connectivity index (χ2v) is 6.26. The van der Waals surface area contributed by atoms with Crippen LogP contribution in [0, 0.1) is 0 Å². The summed E-state index contributed by atoms with van der Waals surface area (Å²) in [6, 6.07) is 14.5. The molecule has 5 nitrogen and oxygen atoms in total. The van der Waals surface area contributed by atoms with E-state index in [1.165, 1.54) is 0 Å². The van der Waals surface area contributed by atoms with E-state index in [9.17, 15) is 4.57 Å². The highest BCUT2D eigenvalue weighted by molar-refractivity contribution is 7.50. The van der Waals surface area contributed by atoms with Gasteiger partial charge < -0.3 is 19.6 Å². The van der Waals surface area contributed by atoms with Crippen LogP contribution >= 0.6 is 7.60 Å². The summed E-state index contributed by atoms with van der Waals surface area (Å²) < 4.78 is 16.2. The van der Waals surface area contributed by atoms with Gasteiger partial charge in [0.05, 0.1) is 12.8 Å². The summed E-state index contributed by atoms with van der Waals surface area (Å²) in [4.78, 5) is 17.9. The summed E-state index contributed by atoms with van der Waals surface area (Å²) in [6.07, 6.45) is -0.249. The Balaban J connectivity index is 2.09. The maximum absolute atomic E-state index is 10.9. The first kappa shape index (κ1) is 15.7. The fourth-order valence-corrected chi connectivity index (χ4v) is 2.63. The number of benzene rings is 2. The van der Waals surface area contributed by atoms with Crippen LogP contribution in [0.2, 0.25) is 0 Å². The van der Waals surface area contributed by atoms with Crippen LogP contribution < -0.4 is 4.74 Å². The first-order valence-electron chi connectivity index (χ1n) is 6.45. The lowest BCUT2D eigenvalue weighted by Crippen LogP contribution is -2.01. The van der Waals surface area contributed by atoms with Crippen molar-refractivity contribution in [3.63, 3.8) is 0 Å². The third kappa shape index (κ3) is 4.99. The van der Waals surface area contributed by atoms with Crippen LogP contribution in [-0.4, -0.2) is 28.1 Å². The van der Waals surface area contributed by atoms with Gasteiger partial charge >= 0.3 is 7.60 Å². The summed E-state index contributed by atoms with van der Waals surface area (Å²) in [6.45, 7) is 0.235. The molecule has 0 saturated heterocycles. The van der Waals surface area contributed by atoms with Crippen molar-refractivity contribution in [2.45, 2.75) is 6.16 Å². The van der Waals surface area contributed by atoms with Crippen molar-refractivity contribution in [1.29, 1.82) is 0 Å². The molecule has 0 fully saturated rings. The van der Waals surface area contributed by atoms with Gasteiger partial charge in [-0.15, -0.1) is 0 Å². The topological polar surface area (TPSA) is 87.0 Å². The minimum absolute atomic E-state index is 0.0250. The summed E-state index contributed by atoms with van der Waals surface area (Å²) in [5.41, 5.74) is 2.54. The lowest BCUT2D eigenvalue weighted by Gasteiger charge is -2.07. The Morgan fingerprint density at radius 1 is 0.905 bits per heavy atom.